The van der Waals surface area contributed by atoms with Crippen LogP contribution in [0.25, 0.3) is 0 Å². The molecule has 1 N–H and O–H groups in total. The van der Waals surface area contributed by atoms with Crippen molar-refractivity contribution in [3.8, 4) is 0 Å². The maximum absolute atomic E-state index is 12.4. The predicted octanol–water partition coefficient (Wildman–Crippen LogP) is 3.46. The SMILES string of the molecule is CCC(C)c1ccc(NC(=O)CN(C)S(=O)(=O)c2ccccc2)cc1. The van der Waals surface area contributed by atoms with Crippen LogP contribution >= 0.6 is 0 Å². The highest BCUT2D eigenvalue weighted by atomic mass is 32.2. The highest BCUT2D eigenvalue weighted by Gasteiger charge is 2.22. The molecule has 25 heavy (non-hydrogen) atoms. The first-order valence-electron chi connectivity index (χ1n) is 8.25. The van der Waals surface area contributed by atoms with Crippen molar-refractivity contribution in [3.05, 3.63) is 60.2 Å². The molecule has 5 nitrogen and oxygen atoms in total. The van der Waals surface area contributed by atoms with Gasteiger partial charge in [-0.1, -0.05) is 44.2 Å². The highest BCUT2D eigenvalue weighted by Crippen LogP contribution is 2.20. The lowest BCUT2D eigenvalue weighted by Gasteiger charge is -2.17. The van der Waals surface area contributed by atoms with Gasteiger partial charge in [-0.3, -0.25) is 4.79 Å². The minimum Gasteiger partial charge on any atom is -0.325 e. The zero-order valence-corrected chi connectivity index (χ0v) is 15.6. The molecule has 2 rings (SSSR count). The molecule has 6 heteroatoms. The van der Waals surface area contributed by atoms with E-state index >= 15 is 0 Å². The molecule has 0 aromatic heterocycles. The predicted molar refractivity (Wildman–Crippen MR) is 100 cm³/mol. The fraction of sp³-hybridized carbons (Fsp3) is 0.316. The van der Waals surface area contributed by atoms with Crippen LogP contribution in [0.15, 0.2) is 59.5 Å². The van der Waals surface area contributed by atoms with Gasteiger partial charge in [0.25, 0.3) is 0 Å². The molecule has 2 aromatic rings. The molecule has 1 atom stereocenters. The average Bonchev–Trinajstić information content (AvgIpc) is 2.62. The van der Waals surface area contributed by atoms with Crippen molar-refractivity contribution in [3.63, 3.8) is 0 Å². The molecule has 0 fully saturated rings. The molecular formula is C19H24N2O3S. The molecule has 0 aliphatic carbocycles. The summed E-state index contributed by atoms with van der Waals surface area (Å²) < 4.78 is 25.9. The second kappa shape index (κ2) is 8.27. The van der Waals surface area contributed by atoms with Crippen molar-refractivity contribution in [2.45, 2.75) is 31.1 Å². The average molecular weight is 360 g/mol. The highest BCUT2D eigenvalue weighted by molar-refractivity contribution is 7.89. The molecule has 0 bridgehead atoms. The molecule has 1 unspecified atom stereocenters. The first-order chi connectivity index (χ1) is 11.8. The Balaban J connectivity index is 2.00. The maximum Gasteiger partial charge on any atom is 0.243 e. The van der Waals surface area contributed by atoms with E-state index in [1.807, 2.05) is 24.3 Å². The van der Waals surface area contributed by atoms with Gasteiger partial charge in [0, 0.05) is 12.7 Å². The molecule has 0 heterocycles. The van der Waals surface area contributed by atoms with E-state index in [2.05, 4.69) is 19.2 Å². The zero-order chi connectivity index (χ0) is 18.4. The van der Waals surface area contributed by atoms with Gasteiger partial charge in [-0.15, -0.1) is 0 Å². The second-order valence-electron chi connectivity index (χ2n) is 6.05. The number of anilines is 1. The van der Waals surface area contributed by atoms with Crippen LogP contribution in [0.1, 0.15) is 31.7 Å². The van der Waals surface area contributed by atoms with Crippen LogP contribution in [0.5, 0.6) is 0 Å². The van der Waals surface area contributed by atoms with E-state index in [1.165, 1.54) is 24.7 Å². The van der Waals surface area contributed by atoms with Crippen LogP contribution in [0.4, 0.5) is 5.69 Å². The number of nitrogens with zero attached hydrogens (tertiary/aromatic N) is 1. The van der Waals surface area contributed by atoms with Crippen LogP contribution in [0.2, 0.25) is 0 Å². The van der Waals surface area contributed by atoms with Crippen molar-refractivity contribution in [2.24, 2.45) is 0 Å². The van der Waals surface area contributed by atoms with Crippen LogP contribution in [0.3, 0.4) is 0 Å². The molecule has 0 saturated heterocycles. The van der Waals surface area contributed by atoms with Gasteiger partial charge in [0.1, 0.15) is 0 Å². The van der Waals surface area contributed by atoms with Gasteiger partial charge < -0.3 is 5.32 Å². The van der Waals surface area contributed by atoms with E-state index in [-0.39, 0.29) is 17.3 Å². The van der Waals surface area contributed by atoms with Gasteiger partial charge in [-0.05, 0) is 42.2 Å². The first-order valence-corrected chi connectivity index (χ1v) is 9.69. The standard InChI is InChI=1S/C19H24N2O3S/c1-4-15(2)16-10-12-17(13-11-16)20-19(22)14-21(3)25(23,24)18-8-6-5-7-9-18/h5-13,15H,4,14H2,1-3H3,(H,20,22). The summed E-state index contributed by atoms with van der Waals surface area (Å²) in [5.41, 5.74) is 1.87. The Labute approximate surface area is 149 Å². The van der Waals surface area contributed by atoms with Gasteiger partial charge in [0.05, 0.1) is 11.4 Å². The number of hydrogen-bond acceptors (Lipinski definition) is 3. The van der Waals surface area contributed by atoms with Crippen molar-refractivity contribution >= 4 is 21.6 Å². The van der Waals surface area contributed by atoms with Crippen molar-refractivity contribution < 1.29 is 13.2 Å². The molecule has 2 aromatic carbocycles. The quantitative estimate of drug-likeness (QED) is 0.822. The molecule has 0 radical (unpaired) electrons. The number of sulfonamides is 1. The Morgan fingerprint density at radius 2 is 1.68 bits per heavy atom. The van der Waals surface area contributed by atoms with E-state index in [4.69, 9.17) is 0 Å². The lowest BCUT2D eigenvalue weighted by atomic mass is 9.99. The molecule has 0 saturated carbocycles. The molecule has 0 spiro atoms. The van der Waals surface area contributed by atoms with Gasteiger partial charge in [-0.25, -0.2) is 8.42 Å². The lowest BCUT2D eigenvalue weighted by Crippen LogP contribution is -2.34. The number of amides is 1. The molecule has 134 valence electrons. The summed E-state index contributed by atoms with van der Waals surface area (Å²) in [5.74, 6) is 0.0881. The van der Waals surface area contributed by atoms with Gasteiger partial charge in [0.2, 0.25) is 15.9 Å². The molecule has 1 amide bonds. The monoisotopic (exact) mass is 360 g/mol. The summed E-state index contributed by atoms with van der Waals surface area (Å²) in [6.07, 6.45) is 1.05. The number of carbonyl (C=O) groups is 1. The van der Waals surface area contributed by atoms with E-state index in [9.17, 15) is 13.2 Å². The zero-order valence-electron chi connectivity index (χ0n) is 14.8. The third kappa shape index (κ3) is 4.90. The van der Waals surface area contributed by atoms with E-state index in [0.717, 1.165) is 10.7 Å². The van der Waals surface area contributed by atoms with Gasteiger partial charge in [-0.2, -0.15) is 4.31 Å². The van der Waals surface area contributed by atoms with Crippen LogP contribution in [-0.4, -0.2) is 32.2 Å². The van der Waals surface area contributed by atoms with E-state index in [1.54, 1.807) is 18.2 Å². The summed E-state index contributed by atoms with van der Waals surface area (Å²) in [5, 5.41) is 2.74. The summed E-state index contributed by atoms with van der Waals surface area (Å²) in [6, 6.07) is 15.7. The van der Waals surface area contributed by atoms with Crippen LogP contribution in [0, 0.1) is 0 Å². The second-order valence-corrected chi connectivity index (χ2v) is 8.10. The van der Waals surface area contributed by atoms with Crippen molar-refractivity contribution in [1.82, 2.24) is 4.31 Å². The van der Waals surface area contributed by atoms with Gasteiger partial charge in [0.15, 0.2) is 0 Å². The number of carbonyl (C=O) groups excluding carboxylic acids is 1. The summed E-state index contributed by atoms with van der Waals surface area (Å²) in [7, 11) is -2.28. The van der Waals surface area contributed by atoms with Crippen molar-refractivity contribution in [2.75, 3.05) is 18.9 Å². The van der Waals surface area contributed by atoms with Crippen LogP contribution in [-0.2, 0) is 14.8 Å². The number of nitrogens with one attached hydrogen (secondary N) is 1. The van der Waals surface area contributed by atoms with Crippen molar-refractivity contribution in [1.29, 1.82) is 0 Å². The van der Waals surface area contributed by atoms with E-state index in [0.29, 0.717) is 11.6 Å². The molecule has 0 aliphatic rings. The summed E-state index contributed by atoms with van der Waals surface area (Å²) in [6.45, 7) is 4.03. The topological polar surface area (TPSA) is 66.5 Å². The van der Waals surface area contributed by atoms with Gasteiger partial charge >= 0.3 is 0 Å². The Morgan fingerprint density at radius 3 is 2.24 bits per heavy atom. The lowest BCUT2D eigenvalue weighted by molar-refractivity contribution is -0.116. The Morgan fingerprint density at radius 1 is 1.08 bits per heavy atom. The summed E-state index contributed by atoms with van der Waals surface area (Å²) >= 11 is 0. The van der Waals surface area contributed by atoms with E-state index < -0.39 is 10.0 Å². The third-order valence-corrected chi connectivity index (χ3v) is 6.01. The number of hydrogen-bond donors (Lipinski definition) is 1. The number of rotatable bonds is 7. The molecular weight excluding hydrogens is 336 g/mol. The fourth-order valence-corrected chi connectivity index (χ4v) is 3.54. The maximum atomic E-state index is 12.4. The Bertz CT molecular complexity index is 802. The minimum atomic E-state index is -3.68. The first kappa shape index (κ1) is 19.1. The van der Waals surface area contributed by atoms with Crippen LogP contribution < -0.4 is 5.32 Å². The molecule has 0 aliphatic heterocycles. The summed E-state index contributed by atoms with van der Waals surface area (Å²) in [4.78, 5) is 12.3. The number of likely N-dealkylation sites (N-methyl/N-ethyl adjacent to an activating group) is 1. The Kier molecular flexibility index (Phi) is 6.33. The largest absolute Gasteiger partial charge is 0.325 e. The fourth-order valence-electron chi connectivity index (χ4n) is 2.39. The third-order valence-electron chi connectivity index (χ3n) is 4.19. The normalized spacial score (nSPS) is 12.8. The Hall–Kier alpha value is -2.18. The number of benzene rings is 2. The minimum absolute atomic E-state index is 0.170. The smallest absolute Gasteiger partial charge is 0.243 e.